The molecule has 1 N–H and O–H groups in total. The van der Waals surface area contributed by atoms with E-state index in [1.54, 1.807) is 25.4 Å². The Morgan fingerprint density at radius 1 is 1.00 bits per heavy atom. The molecule has 1 saturated heterocycles. The summed E-state index contributed by atoms with van der Waals surface area (Å²) in [5, 5.41) is 10.6. The average molecular weight is 445 g/mol. The molecule has 5 rings (SSSR count). The SMILES string of the molecule is COc1ccc(C)cc1-c1cn(-c2ccc3c(c2)C(=O)N(C2CCC(=O)NC2=O)C3=O)nn1. The Hall–Kier alpha value is -4.34. The van der Waals surface area contributed by atoms with E-state index in [1.807, 2.05) is 25.1 Å². The summed E-state index contributed by atoms with van der Waals surface area (Å²) in [4.78, 5) is 50.5. The summed E-state index contributed by atoms with van der Waals surface area (Å²) in [5.41, 5.74) is 3.31. The van der Waals surface area contributed by atoms with Crippen LogP contribution in [0.2, 0.25) is 0 Å². The van der Waals surface area contributed by atoms with Crippen LogP contribution in [0.15, 0.2) is 42.6 Å². The molecular formula is C23H19N5O5. The molecule has 2 aliphatic heterocycles. The van der Waals surface area contributed by atoms with Crippen molar-refractivity contribution in [1.82, 2.24) is 25.2 Å². The molecule has 10 heteroatoms. The maximum atomic E-state index is 13.0. The lowest BCUT2D eigenvalue weighted by atomic mass is 10.0. The van der Waals surface area contributed by atoms with Crippen molar-refractivity contribution in [1.29, 1.82) is 0 Å². The molecule has 0 bridgehead atoms. The first-order valence-corrected chi connectivity index (χ1v) is 10.3. The smallest absolute Gasteiger partial charge is 0.262 e. The highest BCUT2D eigenvalue weighted by atomic mass is 16.5. The number of amides is 4. The number of aromatic nitrogens is 3. The first kappa shape index (κ1) is 20.6. The molecule has 1 unspecified atom stereocenters. The van der Waals surface area contributed by atoms with Crippen LogP contribution in [0.25, 0.3) is 16.9 Å². The lowest BCUT2D eigenvalue weighted by Crippen LogP contribution is -2.54. The van der Waals surface area contributed by atoms with Gasteiger partial charge in [0, 0.05) is 12.0 Å². The van der Waals surface area contributed by atoms with Gasteiger partial charge in [0.25, 0.3) is 11.8 Å². The molecule has 2 aliphatic rings. The molecule has 33 heavy (non-hydrogen) atoms. The third kappa shape index (κ3) is 3.36. The number of rotatable bonds is 4. The number of imide groups is 2. The van der Waals surface area contributed by atoms with Crippen molar-refractivity contribution < 1.29 is 23.9 Å². The van der Waals surface area contributed by atoms with Crippen LogP contribution in [0.1, 0.15) is 39.1 Å². The van der Waals surface area contributed by atoms with Gasteiger partial charge in [-0.2, -0.15) is 0 Å². The van der Waals surface area contributed by atoms with Crippen LogP contribution in [-0.2, 0) is 9.59 Å². The molecule has 2 aromatic carbocycles. The van der Waals surface area contributed by atoms with Crippen LogP contribution in [-0.4, -0.2) is 56.7 Å². The molecule has 166 valence electrons. The molecule has 0 spiro atoms. The number of nitrogens with one attached hydrogen (secondary N) is 1. The summed E-state index contributed by atoms with van der Waals surface area (Å²) in [7, 11) is 1.58. The molecule has 0 radical (unpaired) electrons. The summed E-state index contributed by atoms with van der Waals surface area (Å²) in [6.45, 7) is 1.96. The number of carbonyl (C=O) groups is 4. The van der Waals surface area contributed by atoms with E-state index in [-0.39, 0.29) is 24.0 Å². The quantitative estimate of drug-likeness (QED) is 0.606. The number of hydrogen-bond acceptors (Lipinski definition) is 7. The fourth-order valence-electron chi connectivity index (χ4n) is 4.14. The Morgan fingerprint density at radius 2 is 1.79 bits per heavy atom. The number of aryl methyl sites for hydroxylation is 1. The van der Waals surface area contributed by atoms with Crippen molar-refractivity contribution in [2.75, 3.05) is 7.11 Å². The Bertz CT molecular complexity index is 1340. The number of hydrogen-bond donors (Lipinski definition) is 1. The van der Waals surface area contributed by atoms with E-state index < -0.39 is 29.7 Å². The van der Waals surface area contributed by atoms with Crippen molar-refractivity contribution in [3.63, 3.8) is 0 Å². The first-order valence-electron chi connectivity index (χ1n) is 10.3. The average Bonchev–Trinajstić information content (AvgIpc) is 3.38. The summed E-state index contributed by atoms with van der Waals surface area (Å²) in [6, 6.07) is 9.46. The van der Waals surface area contributed by atoms with E-state index in [4.69, 9.17) is 4.74 Å². The standard InChI is InChI=1S/C23H19N5O5/c1-12-3-7-19(33-2)16(9-12)17-11-27(26-25-17)13-4-5-14-15(10-13)23(32)28(22(14)31)18-6-8-20(29)24-21(18)30/h3-5,7,9-11,18H,6,8H2,1-2H3,(H,24,29,30). The van der Waals surface area contributed by atoms with Gasteiger partial charge in [-0.25, -0.2) is 4.68 Å². The van der Waals surface area contributed by atoms with E-state index in [9.17, 15) is 19.2 Å². The van der Waals surface area contributed by atoms with Gasteiger partial charge in [-0.3, -0.25) is 29.4 Å². The second-order valence-corrected chi connectivity index (χ2v) is 7.93. The highest BCUT2D eigenvalue weighted by Crippen LogP contribution is 2.31. The number of ether oxygens (including phenoxy) is 1. The summed E-state index contributed by atoms with van der Waals surface area (Å²) in [6.07, 6.45) is 1.88. The predicted molar refractivity (Wildman–Crippen MR) is 115 cm³/mol. The first-order chi connectivity index (χ1) is 15.9. The number of fused-ring (bicyclic) bond motifs is 1. The number of methoxy groups -OCH3 is 1. The molecule has 3 aromatic rings. The maximum Gasteiger partial charge on any atom is 0.262 e. The van der Waals surface area contributed by atoms with Gasteiger partial charge >= 0.3 is 0 Å². The molecule has 0 aliphatic carbocycles. The Kier molecular flexibility index (Phi) is 4.77. The second kappa shape index (κ2) is 7.66. The van der Waals surface area contributed by atoms with Gasteiger partial charge in [0.05, 0.1) is 30.1 Å². The monoisotopic (exact) mass is 445 g/mol. The molecule has 10 nitrogen and oxygen atoms in total. The molecule has 1 atom stereocenters. The summed E-state index contributed by atoms with van der Waals surface area (Å²) >= 11 is 0. The van der Waals surface area contributed by atoms with Gasteiger partial charge in [-0.05, 0) is 43.7 Å². The lowest BCUT2D eigenvalue weighted by Gasteiger charge is -2.27. The van der Waals surface area contributed by atoms with E-state index in [2.05, 4.69) is 15.6 Å². The van der Waals surface area contributed by atoms with Gasteiger partial charge in [0.2, 0.25) is 11.8 Å². The van der Waals surface area contributed by atoms with E-state index >= 15 is 0 Å². The summed E-state index contributed by atoms with van der Waals surface area (Å²) in [5.74, 6) is -1.54. The number of benzene rings is 2. The van der Waals surface area contributed by atoms with Gasteiger partial charge in [0.15, 0.2) is 0 Å². The maximum absolute atomic E-state index is 13.0. The number of piperidine rings is 1. The van der Waals surface area contributed by atoms with Crippen LogP contribution >= 0.6 is 0 Å². The van der Waals surface area contributed by atoms with Gasteiger partial charge in [-0.1, -0.05) is 16.8 Å². The van der Waals surface area contributed by atoms with Crippen LogP contribution in [0.4, 0.5) is 0 Å². The Labute approximate surface area is 188 Å². The van der Waals surface area contributed by atoms with Crippen molar-refractivity contribution in [2.24, 2.45) is 0 Å². The molecule has 1 fully saturated rings. The highest BCUT2D eigenvalue weighted by molar-refractivity contribution is 6.23. The van der Waals surface area contributed by atoms with E-state index in [0.29, 0.717) is 17.1 Å². The van der Waals surface area contributed by atoms with Gasteiger partial charge in [0.1, 0.15) is 17.5 Å². The summed E-state index contributed by atoms with van der Waals surface area (Å²) < 4.78 is 6.93. The molecular weight excluding hydrogens is 426 g/mol. The molecule has 0 saturated carbocycles. The highest BCUT2D eigenvalue weighted by Gasteiger charge is 2.44. The van der Waals surface area contributed by atoms with Gasteiger partial charge in [-0.15, -0.1) is 5.10 Å². The van der Waals surface area contributed by atoms with E-state index in [1.165, 1.54) is 10.7 Å². The number of carbonyl (C=O) groups excluding carboxylic acids is 4. The molecule has 1 aromatic heterocycles. The molecule has 4 amide bonds. The van der Waals surface area contributed by atoms with Crippen LogP contribution in [0.5, 0.6) is 5.75 Å². The van der Waals surface area contributed by atoms with E-state index in [0.717, 1.165) is 16.0 Å². The van der Waals surface area contributed by atoms with Crippen molar-refractivity contribution in [3.8, 4) is 22.7 Å². The second-order valence-electron chi connectivity index (χ2n) is 7.93. The largest absolute Gasteiger partial charge is 0.496 e. The molecule has 3 heterocycles. The Balaban J connectivity index is 1.47. The predicted octanol–water partition coefficient (Wildman–Crippen LogP) is 1.65. The van der Waals surface area contributed by atoms with Crippen LogP contribution in [0.3, 0.4) is 0 Å². The fourth-order valence-corrected chi connectivity index (χ4v) is 4.14. The Morgan fingerprint density at radius 3 is 2.55 bits per heavy atom. The minimum absolute atomic E-state index is 0.0687. The lowest BCUT2D eigenvalue weighted by molar-refractivity contribution is -0.136. The third-order valence-corrected chi connectivity index (χ3v) is 5.81. The topological polar surface area (TPSA) is 123 Å². The van der Waals surface area contributed by atoms with Crippen molar-refractivity contribution in [3.05, 3.63) is 59.3 Å². The minimum atomic E-state index is -1.01. The zero-order valence-electron chi connectivity index (χ0n) is 17.9. The fraction of sp³-hybridized carbons (Fsp3) is 0.217. The zero-order chi connectivity index (χ0) is 23.3. The minimum Gasteiger partial charge on any atom is -0.496 e. The van der Waals surface area contributed by atoms with Gasteiger partial charge < -0.3 is 4.74 Å². The van der Waals surface area contributed by atoms with Crippen molar-refractivity contribution >= 4 is 23.6 Å². The van der Waals surface area contributed by atoms with Crippen LogP contribution in [0, 0.1) is 6.92 Å². The van der Waals surface area contributed by atoms with Crippen LogP contribution < -0.4 is 10.1 Å². The third-order valence-electron chi connectivity index (χ3n) is 5.81. The normalized spacial score (nSPS) is 17.9. The number of nitrogens with zero attached hydrogens (tertiary/aromatic N) is 4. The van der Waals surface area contributed by atoms with Crippen molar-refractivity contribution in [2.45, 2.75) is 25.8 Å². The zero-order valence-corrected chi connectivity index (χ0v) is 17.9.